The third-order valence-electron chi connectivity index (χ3n) is 3.07. The number of aryl methyl sites for hydroxylation is 1. The van der Waals surface area contributed by atoms with E-state index < -0.39 is 0 Å². The highest BCUT2D eigenvalue weighted by Crippen LogP contribution is 2.25. The second kappa shape index (κ2) is 4.54. The van der Waals surface area contributed by atoms with Gasteiger partial charge < -0.3 is 0 Å². The molecule has 0 saturated heterocycles. The van der Waals surface area contributed by atoms with Crippen molar-refractivity contribution in [1.82, 2.24) is 14.6 Å². The molecule has 0 aliphatic heterocycles. The molecule has 0 radical (unpaired) electrons. The van der Waals surface area contributed by atoms with E-state index in [1.54, 1.807) is 10.7 Å². The number of nitriles is 1. The molecule has 2 aromatic heterocycles. The zero-order valence-electron chi connectivity index (χ0n) is 10.5. The van der Waals surface area contributed by atoms with Gasteiger partial charge in [0.05, 0.1) is 18.2 Å². The minimum absolute atomic E-state index is 0.309. The van der Waals surface area contributed by atoms with Crippen LogP contribution >= 0.6 is 0 Å². The summed E-state index contributed by atoms with van der Waals surface area (Å²) >= 11 is 0. The van der Waals surface area contributed by atoms with Crippen molar-refractivity contribution in [3.8, 4) is 17.3 Å². The standard InChI is InChI=1S/C15H12N4/c1-11-3-5-12(6-4-11)14-13(7-8-16)15-17-9-2-10-19(15)18-14/h2-6,9-10H,7H2,1H3. The molecule has 0 saturated carbocycles. The highest BCUT2D eigenvalue weighted by molar-refractivity contribution is 5.71. The van der Waals surface area contributed by atoms with Crippen LogP contribution in [0, 0.1) is 18.3 Å². The van der Waals surface area contributed by atoms with Gasteiger partial charge in [-0.2, -0.15) is 10.4 Å². The SMILES string of the molecule is Cc1ccc(-c2nn3cccnc3c2CC#N)cc1. The predicted molar refractivity (Wildman–Crippen MR) is 72.5 cm³/mol. The van der Waals surface area contributed by atoms with Crippen molar-refractivity contribution < 1.29 is 0 Å². The first kappa shape index (κ1) is 11.4. The van der Waals surface area contributed by atoms with Crippen molar-refractivity contribution in [3.63, 3.8) is 0 Å². The third-order valence-corrected chi connectivity index (χ3v) is 3.07. The van der Waals surface area contributed by atoms with Gasteiger partial charge in [0.25, 0.3) is 0 Å². The highest BCUT2D eigenvalue weighted by atomic mass is 15.2. The number of fused-ring (bicyclic) bond motifs is 1. The zero-order valence-corrected chi connectivity index (χ0v) is 10.5. The minimum Gasteiger partial charge on any atom is -0.237 e. The van der Waals surface area contributed by atoms with Gasteiger partial charge in [-0.3, -0.25) is 0 Å². The summed E-state index contributed by atoms with van der Waals surface area (Å²) in [4.78, 5) is 4.31. The Hall–Kier alpha value is -2.67. The molecule has 0 bridgehead atoms. The van der Waals surface area contributed by atoms with Crippen LogP contribution in [-0.2, 0) is 6.42 Å². The Morgan fingerprint density at radius 1 is 1.26 bits per heavy atom. The fraction of sp³-hybridized carbons (Fsp3) is 0.133. The van der Waals surface area contributed by atoms with E-state index in [1.807, 2.05) is 43.5 Å². The van der Waals surface area contributed by atoms with E-state index in [-0.39, 0.29) is 0 Å². The first-order chi connectivity index (χ1) is 9.29. The molecule has 3 rings (SSSR count). The summed E-state index contributed by atoms with van der Waals surface area (Å²) < 4.78 is 1.72. The van der Waals surface area contributed by atoms with Gasteiger partial charge >= 0.3 is 0 Å². The molecular weight excluding hydrogens is 236 g/mol. The van der Waals surface area contributed by atoms with Crippen molar-refractivity contribution >= 4 is 5.65 Å². The van der Waals surface area contributed by atoms with Crippen molar-refractivity contribution in [1.29, 1.82) is 5.26 Å². The van der Waals surface area contributed by atoms with Crippen LogP contribution in [0.1, 0.15) is 11.1 Å². The number of rotatable bonds is 2. The molecule has 0 N–H and O–H groups in total. The molecule has 19 heavy (non-hydrogen) atoms. The number of benzene rings is 1. The van der Waals surface area contributed by atoms with E-state index in [2.05, 4.69) is 16.2 Å². The van der Waals surface area contributed by atoms with Crippen molar-refractivity contribution in [2.75, 3.05) is 0 Å². The number of hydrogen-bond acceptors (Lipinski definition) is 3. The fourth-order valence-corrected chi connectivity index (χ4v) is 2.12. The van der Waals surface area contributed by atoms with E-state index in [0.29, 0.717) is 6.42 Å². The van der Waals surface area contributed by atoms with Gasteiger partial charge in [-0.1, -0.05) is 29.8 Å². The van der Waals surface area contributed by atoms with E-state index in [9.17, 15) is 0 Å². The number of aromatic nitrogens is 3. The van der Waals surface area contributed by atoms with Gasteiger partial charge in [0.15, 0.2) is 5.65 Å². The first-order valence-corrected chi connectivity index (χ1v) is 6.06. The van der Waals surface area contributed by atoms with Crippen LogP contribution < -0.4 is 0 Å². The topological polar surface area (TPSA) is 54.0 Å². The molecule has 0 amide bonds. The summed E-state index contributed by atoms with van der Waals surface area (Å²) in [6, 6.07) is 12.2. The Labute approximate surface area is 111 Å². The monoisotopic (exact) mass is 248 g/mol. The largest absolute Gasteiger partial charge is 0.237 e. The van der Waals surface area contributed by atoms with Crippen LogP contribution in [-0.4, -0.2) is 14.6 Å². The molecule has 3 aromatic rings. The van der Waals surface area contributed by atoms with Gasteiger partial charge in [0.2, 0.25) is 0 Å². The molecule has 0 atom stereocenters. The summed E-state index contributed by atoms with van der Waals surface area (Å²) in [5.41, 5.74) is 4.68. The summed E-state index contributed by atoms with van der Waals surface area (Å²) in [6.07, 6.45) is 3.88. The molecule has 1 aromatic carbocycles. The van der Waals surface area contributed by atoms with Crippen LogP contribution in [0.3, 0.4) is 0 Å². The van der Waals surface area contributed by atoms with E-state index >= 15 is 0 Å². The maximum absolute atomic E-state index is 9.00. The molecule has 2 heterocycles. The normalized spacial score (nSPS) is 10.5. The summed E-state index contributed by atoms with van der Waals surface area (Å²) in [5, 5.41) is 13.5. The van der Waals surface area contributed by atoms with Crippen LogP contribution in [0.4, 0.5) is 0 Å². The maximum atomic E-state index is 9.00. The lowest BCUT2D eigenvalue weighted by Crippen LogP contribution is -1.88. The van der Waals surface area contributed by atoms with Crippen LogP contribution in [0.25, 0.3) is 16.9 Å². The molecule has 0 unspecified atom stereocenters. The van der Waals surface area contributed by atoms with Crippen molar-refractivity contribution in [2.45, 2.75) is 13.3 Å². The Balaban J connectivity index is 2.25. The average Bonchev–Trinajstić information content (AvgIpc) is 2.79. The molecular formula is C15H12N4. The van der Waals surface area contributed by atoms with Crippen molar-refractivity contribution in [3.05, 3.63) is 53.9 Å². The Bertz CT molecular complexity index is 763. The summed E-state index contributed by atoms with van der Waals surface area (Å²) in [5.74, 6) is 0. The smallest absolute Gasteiger partial charge is 0.159 e. The molecule has 4 nitrogen and oxygen atoms in total. The first-order valence-electron chi connectivity index (χ1n) is 6.06. The minimum atomic E-state index is 0.309. The number of nitrogens with zero attached hydrogens (tertiary/aromatic N) is 4. The molecule has 0 fully saturated rings. The third kappa shape index (κ3) is 1.95. The van der Waals surface area contributed by atoms with Crippen LogP contribution in [0.5, 0.6) is 0 Å². The predicted octanol–water partition coefficient (Wildman–Crippen LogP) is 2.77. The lowest BCUT2D eigenvalue weighted by Gasteiger charge is -1.99. The summed E-state index contributed by atoms with van der Waals surface area (Å²) in [6.45, 7) is 2.05. The maximum Gasteiger partial charge on any atom is 0.159 e. The van der Waals surface area contributed by atoms with Gasteiger partial charge in [-0.05, 0) is 13.0 Å². The Morgan fingerprint density at radius 3 is 2.79 bits per heavy atom. The molecule has 0 aliphatic carbocycles. The Kier molecular flexibility index (Phi) is 2.73. The zero-order chi connectivity index (χ0) is 13.2. The fourth-order valence-electron chi connectivity index (χ4n) is 2.12. The van der Waals surface area contributed by atoms with E-state index in [0.717, 1.165) is 22.5 Å². The van der Waals surface area contributed by atoms with E-state index in [1.165, 1.54) is 5.56 Å². The second-order valence-corrected chi connectivity index (χ2v) is 4.42. The van der Waals surface area contributed by atoms with Gasteiger partial charge in [0, 0.05) is 23.5 Å². The highest BCUT2D eigenvalue weighted by Gasteiger charge is 2.14. The van der Waals surface area contributed by atoms with Gasteiger partial charge in [-0.25, -0.2) is 9.50 Å². The lowest BCUT2D eigenvalue weighted by atomic mass is 10.0. The molecule has 0 aliphatic rings. The van der Waals surface area contributed by atoms with Crippen LogP contribution in [0.15, 0.2) is 42.7 Å². The number of hydrogen-bond donors (Lipinski definition) is 0. The second-order valence-electron chi connectivity index (χ2n) is 4.42. The molecule has 92 valence electrons. The van der Waals surface area contributed by atoms with Gasteiger partial charge in [0.1, 0.15) is 0 Å². The summed E-state index contributed by atoms with van der Waals surface area (Å²) in [7, 11) is 0. The van der Waals surface area contributed by atoms with E-state index in [4.69, 9.17) is 5.26 Å². The molecule has 4 heteroatoms. The molecule has 0 spiro atoms. The van der Waals surface area contributed by atoms with Crippen molar-refractivity contribution in [2.24, 2.45) is 0 Å². The van der Waals surface area contributed by atoms with Gasteiger partial charge in [-0.15, -0.1) is 0 Å². The quantitative estimate of drug-likeness (QED) is 0.700. The Morgan fingerprint density at radius 2 is 2.05 bits per heavy atom. The lowest BCUT2D eigenvalue weighted by molar-refractivity contribution is 0.943. The van der Waals surface area contributed by atoms with Crippen LogP contribution in [0.2, 0.25) is 0 Å². The average molecular weight is 248 g/mol.